The largest absolute Gasteiger partial charge is 0.483 e. The van der Waals surface area contributed by atoms with Crippen LogP contribution in [0.4, 0.5) is 0 Å². The highest BCUT2D eigenvalue weighted by Gasteiger charge is 2.13. The van der Waals surface area contributed by atoms with Crippen molar-refractivity contribution in [2.45, 2.75) is 39.2 Å². The second-order valence-electron chi connectivity index (χ2n) is 4.73. The maximum atomic E-state index is 10.4. The first kappa shape index (κ1) is 11.8. The van der Waals surface area contributed by atoms with Gasteiger partial charge in [-0.3, -0.25) is 4.79 Å². The Bertz CT molecular complexity index is 319. The molecule has 0 heterocycles. The number of rotatable bonds is 3. The first-order valence-electron chi connectivity index (χ1n) is 5.16. The summed E-state index contributed by atoms with van der Waals surface area (Å²) in [4.78, 5) is 10.4. The molecule has 0 aliphatic carbocycles. The van der Waals surface area contributed by atoms with Gasteiger partial charge in [0.1, 0.15) is 5.75 Å². The molecule has 0 bridgehead atoms. The first-order valence-corrected chi connectivity index (χ1v) is 5.16. The monoisotopic (exact) mass is 206 g/mol. The third-order valence-electron chi connectivity index (χ3n) is 2.23. The molecular formula is C13H18O2. The van der Waals surface area contributed by atoms with E-state index in [1.165, 1.54) is 5.56 Å². The molecule has 0 fully saturated rings. The van der Waals surface area contributed by atoms with Gasteiger partial charge in [0.2, 0.25) is 0 Å². The van der Waals surface area contributed by atoms with Crippen LogP contribution in [0.3, 0.4) is 0 Å². The van der Waals surface area contributed by atoms with Gasteiger partial charge in [-0.2, -0.15) is 0 Å². The van der Waals surface area contributed by atoms with E-state index in [2.05, 4.69) is 20.8 Å². The predicted octanol–water partition coefficient (Wildman–Crippen LogP) is 2.95. The number of carbonyl (C=O) groups excluding carboxylic acids is 1. The molecule has 0 aliphatic rings. The molecule has 2 heteroatoms. The SMILES string of the molecule is CC(C=O)Oc1ccc(C(C)(C)C)cc1. The lowest BCUT2D eigenvalue weighted by Gasteiger charge is -2.19. The summed E-state index contributed by atoms with van der Waals surface area (Å²) in [7, 11) is 0. The Morgan fingerprint density at radius 1 is 1.20 bits per heavy atom. The van der Waals surface area contributed by atoms with E-state index in [9.17, 15) is 4.79 Å². The van der Waals surface area contributed by atoms with E-state index < -0.39 is 0 Å². The summed E-state index contributed by atoms with van der Waals surface area (Å²) >= 11 is 0. The van der Waals surface area contributed by atoms with E-state index in [0.29, 0.717) is 0 Å². The van der Waals surface area contributed by atoms with E-state index in [1.54, 1.807) is 6.92 Å². The molecule has 0 aliphatic heterocycles. The van der Waals surface area contributed by atoms with Crippen molar-refractivity contribution in [2.24, 2.45) is 0 Å². The summed E-state index contributed by atoms with van der Waals surface area (Å²) < 4.78 is 5.36. The number of aldehydes is 1. The minimum absolute atomic E-state index is 0.148. The number of benzene rings is 1. The van der Waals surface area contributed by atoms with Gasteiger partial charge in [-0.15, -0.1) is 0 Å². The number of hydrogen-bond acceptors (Lipinski definition) is 2. The summed E-state index contributed by atoms with van der Waals surface area (Å²) in [6.07, 6.45) is 0.406. The van der Waals surface area contributed by atoms with Gasteiger partial charge >= 0.3 is 0 Å². The van der Waals surface area contributed by atoms with Gasteiger partial charge in [-0.1, -0.05) is 32.9 Å². The van der Waals surface area contributed by atoms with Crippen molar-refractivity contribution in [3.8, 4) is 5.75 Å². The van der Waals surface area contributed by atoms with Gasteiger partial charge in [0.15, 0.2) is 12.4 Å². The average Bonchev–Trinajstić information content (AvgIpc) is 2.17. The number of ether oxygens (including phenoxy) is 1. The van der Waals surface area contributed by atoms with Gasteiger partial charge in [0.05, 0.1) is 0 Å². The highest BCUT2D eigenvalue weighted by Crippen LogP contribution is 2.24. The fourth-order valence-corrected chi connectivity index (χ4v) is 1.28. The van der Waals surface area contributed by atoms with Crippen molar-refractivity contribution in [3.05, 3.63) is 29.8 Å². The topological polar surface area (TPSA) is 26.3 Å². The molecule has 15 heavy (non-hydrogen) atoms. The molecule has 0 radical (unpaired) electrons. The Labute approximate surface area is 91.3 Å². The van der Waals surface area contributed by atoms with Crippen LogP contribution < -0.4 is 4.74 Å². The van der Waals surface area contributed by atoms with Crippen LogP contribution in [0.2, 0.25) is 0 Å². The Hall–Kier alpha value is -1.31. The molecule has 1 unspecified atom stereocenters. The molecule has 1 aromatic rings. The van der Waals surface area contributed by atoms with Gasteiger partial charge in [-0.25, -0.2) is 0 Å². The van der Waals surface area contributed by atoms with E-state index in [0.717, 1.165) is 12.0 Å². The molecule has 0 aromatic heterocycles. The van der Waals surface area contributed by atoms with Crippen LogP contribution in [-0.4, -0.2) is 12.4 Å². The van der Waals surface area contributed by atoms with Crippen molar-refractivity contribution in [2.75, 3.05) is 0 Å². The van der Waals surface area contributed by atoms with E-state index >= 15 is 0 Å². The van der Waals surface area contributed by atoms with Gasteiger partial charge < -0.3 is 4.74 Å². The van der Waals surface area contributed by atoms with E-state index in [-0.39, 0.29) is 11.5 Å². The van der Waals surface area contributed by atoms with Crippen molar-refractivity contribution >= 4 is 6.29 Å². The maximum absolute atomic E-state index is 10.4. The molecular weight excluding hydrogens is 188 g/mol. The molecule has 1 atom stereocenters. The normalized spacial score (nSPS) is 13.3. The van der Waals surface area contributed by atoms with Crippen molar-refractivity contribution in [1.29, 1.82) is 0 Å². The molecule has 2 nitrogen and oxygen atoms in total. The Morgan fingerprint density at radius 2 is 1.73 bits per heavy atom. The first-order chi connectivity index (χ1) is 6.93. The summed E-state index contributed by atoms with van der Waals surface area (Å²) in [5.41, 5.74) is 1.41. The summed E-state index contributed by atoms with van der Waals surface area (Å²) in [6, 6.07) is 7.88. The lowest BCUT2D eigenvalue weighted by molar-refractivity contribution is -0.113. The van der Waals surface area contributed by atoms with Gasteiger partial charge in [0, 0.05) is 0 Å². The van der Waals surface area contributed by atoms with Crippen molar-refractivity contribution in [1.82, 2.24) is 0 Å². The van der Waals surface area contributed by atoms with Crippen LogP contribution in [0.1, 0.15) is 33.3 Å². The van der Waals surface area contributed by atoms with Crippen molar-refractivity contribution in [3.63, 3.8) is 0 Å². The third-order valence-corrected chi connectivity index (χ3v) is 2.23. The fourth-order valence-electron chi connectivity index (χ4n) is 1.28. The quantitative estimate of drug-likeness (QED) is 0.711. The minimum atomic E-state index is -0.384. The van der Waals surface area contributed by atoms with Crippen LogP contribution in [-0.2, 0) is 10.2 Å². The standard InChI is InChI=1S/C13H18O2/c1-10(9-14)15-12-7-5-11(6-8-12)13(2,3)4/h5-10H,1-4H3. The molecule has 82 valence electrons. The minimum Gasteiger partial charge on any atom is -0.483 e. The molecule has 0 amide bonds. The lowest BCUT2D eigenvalue weighted by Crippen LogP contribution is -2.13. The zero-order valence-electron chi connectivity index (χ0n) is 9.78. The van der Waals surface area contributed by atoms with Crippen LogP contribution in [0.5, 0.6) is 5.75 Å². The van der Waals surface area contributed by atoms with Gasteiger partial charge in [0.25, 0.3) is 0 Å². The number of carbonyl (C=O) groups is 1. The van der Waals surface area contributed by atoms with Crippen LogP contribution in [0.15, 0.2) is 24.3 Å². The molecule has 0 N–H and O–H groups in total. The Kier molecular flexibility index (Phi) is 3.51. The summed E-state index contributed by atoms with van der Waals surface area (Å²) in [6.45, 7) is 8.22. The second-order valence-corrected chi connectivity index (χ2v) is 4.73. The Balaban J connectivity index is 2.77. The molecule has 0 spiro atoms. The highest BCUT2D eigenvalue weighted by molar-refractivity contribution is 5.56. The van der Waals surface area contributed by atoms with Crippen LogP contribution >= 0.6 is 0 Å². The summed E-state index contributed by atoms with van der Waals surface area (Å²) in [5, 5.41) is 0. The Morgan fingerprint density at radius 3 is 2.13 bits per heavy atom. The average molecular weight is 206 g/mol. The van der Waals surface area contributed by atoms with Crippen molar-refractivity contribution < 1.29 is 9.53 Å². The van der Waals surface area contributed by atoms with E-state index in [1.807, 2.05) is 24.3 Å². The number of hydrogen-bond donors (Lipinski definition) is 0. The fraction of sp³-hybridized carbons (Fsp3) is 0.462. The molecule has 0 saturated heterocycles. The molecule has 1 aromatic carbocycles. The van der Waals surface area contributed by atoms with Crippen LogP contribution in [0, 0.1) is 0 Å². The van der Waals surface area contributed by atoms with Gasteiger partial charge in [-0.05, 0) is 30.0 Å². The molecule has 0 saturated carbocycles. The summed E-state index contributed by atoms with van der Waals surface area (Å²) in [5.74, 6) is 0.739. The smallest absolute Gasteiger partial charge is 0.160 e. The van der Waals surface area contributed by atoms with E-state index in [4.69, 9.17) is 4.74 Å². The second kappa shape index (κ2) is 4.47. The zero-order valence-corrected chi connectivity index (χ0v) is 9.78. The third kappa shape index (κ3) is 3.39. The van der Waals surface area contributed by atoms with Crippen LogP contribution in [0.25, 0.3) is 0 Å². The predicted molar refractivity (Wildman–Crippen MR) is 61.3 cm³/mol. The zero-order chi connectivity index (χ0) is 11.5. The maximum Gasteiger partial charge on any atom is 0.160 e. The lowest BCUT2D eigenvalue weighted by atomic mass is 9.87. The highest BCUT2D eigenvalue weighted by atomic mass is 16.5. The molecule has 1 rings (SSSR count).